The number of rotatable bonds is 14. The minimum atomic E-state index is -4.15. The molecule has 0 aromatic heterocycles. The number of hydrogen-bond donors (Lipinski definition) is 1. The average Bonchev–Trinajstić information content (AvgIpc) is 2.97. The Labute approximate surface area is 259 Å². The summed E-state index contributed by atoms with van der Waals surface area (Å²) < 4.78 is 29.4. The Balaban J connectivity index is 2.09. The number of hydrogen-bond acceptors (Lipinski definition) is 4. The fourth-order valence-corrected chi connectivity index (χ4v) is 6.58. The van der Waals surface area contributed by atoms with Gasteiger partial charge in [-0.2, -0.15) is 0 Å². The van der Waals surface area contributed by atoms with E-state index in [4.69, 9.17) is 23.2 Å². The van der Waals surface area contributed by atoms with E-state index in [-0.39, 0.29) is 17.3 Å². The second-order valence-corrected chi connectivity index (χ2v) is 12.8. The Bertz CT molecular complexity index is 1480. The molecule has 0 unspecified atom stereocenters. The number of amides is 2. The van der Waals surface area contributed by atoms with Crippen molar-refractivity contribution < 1.29 is 18.0 Å². The molecule has 7 nitrogen and oxygen atoms in total. The molecule has 0 bridgehead atoms. The molecule has 0 spiro atoms. The van der Waals surface area contributed by atoms with Crippen molar-refractivity contribution in [2.45, 2.75) is 70.9 Å². The minimum absolute atomic E-state index is 0.00236. The Morgan fingerprint density at radius 1 is 0.929 bits per heavy atom. The summed E-state index contributed by atoms with van der Waals surface area (Å²) in [4.78, 5) is 29.1. The lowest BCUT2D eigenvalue weighted by Crippen LogP contribution is -2.52. The lowest BCUT2D eigenvalue weighted by molar-refractivity contribution is -0.140. The first-order chi connectivity index (χ1) is 20.0. The molecular formula is C32H39Cl2N3O4S. The smallest absolute Gasteiger partial charge is 0.264 e. The molecular weight excluding hydrogens is 593 g/mol. The zero-order valence-corrected chi connectivity index (χ0v) is 26.9. The lowest BCUT2D eigenvalue weighted by atomic mass is 10.1. The Morgan fingerprint density at radius 3 is 2.24 bits per heavy atom. The van der Waals surface area contributed by atoms with Crippen LogP contribution in [0.2, 0.25) is 10.0 Å². The Hall–Kier alpha value is -3.07. The highest BCUT2D eigenvalue weighted by molar-refractivity contribution is 7.92. The summed E-state index contributed by atoms with van der Waals surface area (Å²) in [6.07, 6.45) is 2.59. The third kappa shape index (κ3) is 8.27. The van der Waals surface area contributed by atoms with Crippen LogP contribution in [0.15, 0.2) is 71.6 Å². The maximum Gasteiger partial charge on any atom is 0.264 e. The molecule has 0 saturated carbocycles. The lowest BCUT2D eigenvalue weighted by Gasteiger charge is -2.34. The number of carbonyl (C=O) groups is 2. The van der Waals surface area contributed by atoms with Crippen molar-refractivity contribution in [1.82, 2.24) is 10.2 Å². The summed E-state index contributed by atoms with van der Waals surface area (Å²) in [5.41, 5.74) is 2.70. The standard InChI is InChI=1S/C32H39Cl2N3O4S/c1-5-8-19-35-32(39)29(7-3)36(21-25-15-16-26(33)20-28(25)34)31(38)22-37(30-12-10-9-11-24(30)6-2)42(40,41)27-17-13-23(4)14-18-27/h9-18,20,29H,5-8,19,21-22H2,1-4H3,(H,35,39)/t29-/m1/s1. The second kappa shape index (κ2) is 15.4. The van der Waals surface area contributed by atoms with Crippen LogP contribution in [0, 0.1) is 6.92 Å². The van der Waals surface area contributed by atoms with E-state index in [1.165, 1.54) is 17.0 Å². The van der Waals surface area contributed by atoms with Crippen LogP contribution in [0.1, 0.15) is 56.7 Å². The van der Waals surface area contributed by atoms with Gasteiger partial charge in [0.1, 0.15) is 12.6 Å². The summed E-state index contributed by atoms with van der Waals surface area (Å²) in [5, 5.41) is 3.72. The highest BCUT2D eigenvalue weighted by Crippen LogP contribution is 2.29. The highest BCUT2D eigenvalue weighted by Gasteiger charge is 2.34. The predicted molar refractivity (Wildman–Crippen MR) is 171 cm³/mol. The predicted octanol–water partition coefficient (Wildman–Crippen LogP) is 6.78. The second-order valence-electron chi connectivity index (χ2n) is 10.1. The Morgan fingerprint density at radius 2 is 1.62 bits per heavy atom. The monoisotopic (exact) mass is 631 g/mol. The maximum atomic E-state index is 14.2. The quantitative estimate of drug-likeness (QED) is 0.199. The largest absolute Gasteiger partial charge is 0.354 e. The van der Waals surface area contributed by atoms with Gasteiger partial charge in [0, 0.05) is 23.1 Å². The molecule has 2 amide bonds. The van der Waals surface area contributed by atoms with Gasteiger partial charge in [0.2, 0.25) is 11.8 Å². The number of sulfonamides is 1. The minimum Gasteiger partial charge on any atom is -0.354 e. The van der Waals surface area contributed by atoms with Crippen molar-refractivity contribution in [3.63, 3.8) is 0 Å². The van der Waals surface area contributed by atoms with E-state index in [0.29, 0.717) is 40.7 Å². The fraction of sp³-hybridized carbons (Fsp3) is 0.375. The average molecular weight is 633 g/mol. The number of para-hydroxylation sites is 1. The van der Waals surface area contributed by atoms with Crippen LogP contribution in [0.25, 0.3) is 0 Å². The van der Waals surface area contributed by atoms with Gasteiger partial charge in [-0.15, -0.1) is 0 Å². The number of benzene rings is 3. The van der Waals surface area contributed by atoms with E-state index in [9.17, 15) is 18.0 Å². The number of aryl methyl sites for hydroxylation is 2. The molecule has 0 radical (unpaired) electrons. The van der Waals surface area contributed by atoms with Gasteiger partial charge in [-0.25, -0.2) is 8.42 Å². The van der Waals surface area contributed by atoms with Gasteiger partial charge in [-0.1, -0.05) is 92.4 Å². The van der Waals surface area contributed by atoms with Crippen LogP contribution >= 0.6 is 23.2 Å². The molecule has 3 aromatic carbocycles. The summed E-state index contributed by atoms with van der Waals surface area (Å²) in [6, 6.07) is 17.8. The first kappa shape index (κ1) is 33.4. The van der Waals surface area contributed by atoms with E-state index in [2.05, 4.69) is 5.32 Å². The molecule has 226 valence electrons. The summed E-state index contributed by atoms with van der Waals surface area (Å²) in [7, 11) is -4.15. The zero-order chi connectivity index (χ0) is 30.9. The Kier molecular flexibility index (Phi) is 12.3. The molecule has 0 aliphatic carbocycles. The number of carbonyl (C=O) groups excluding carboxylic acids is 2. The molecule has 0 saturated heterocycles. The fourth-order valence-electron chi connectivity index (χ4n) is 4.66. The number of halogens is 2. The number of nitrogens with zero attached hydrogens (tertiary/aromatic N) is 2. The first-order valence-electron chi connectivity index (χ1n) is 14.2. The van der Waals surface area contributed by atoms with Crippen LogP contribution in [0.5, 0.6) is 0 Å². The number of unbranched alkanes of at least 4 members (excludes halogenated alkanes) is 1. The maximum absolute atomic E-state index is 14.2. The topological polar surface area (TPSA) is 86.8 Å². The van der Waals surface area contributed by atoms with Crippen molar-refractivity contribution >= 4 is 50.7 Å². The molecule has 0 fully saturated rings. The molecule has 0 aliphatic rings. The van der Waals surface area contributed by atoms with Crippen molar-refractivity contribution in [3.05, 3.63) is 93.5 Å². The molecule has 1 N–H and O–H groups in total. The summed E-state index contributed by atoms with van der Waals surface area (Å²) in [6.45, 7) is 7.63. The van der Waals surface area contributed by atoms with Gasteiger partial charge >= 0.3 is 0 Å². The van der Waals surface area contributed by atoms with Crippen LogP contribution in [-0.4, -0.2) is 44.3 Å². The van der Waals surface area contributed by atoms with E-state index >= 15 is 0 Å². The molecule has 10 heteroatoms. The first-order valence-corrected chi connectivity index (χ1v) is 16.4. The van der Waals surface area contributed by atoms with Gasteiger partial charge < -0.3 is 10.2 Å². The van der Waals surface area contributed by atoms with Gasteiger partial charge in [0.25, 0.3) is 10.0 Å². The van der Waals surface area contributed by atoms with Gasteiger partial charge in [-0.05, 0) is 67.6 Å². The molecule has 1 atom stereocenters. The summed E-state index contributed by atoms with van der Waals surface area (Å²) in [5.74, 6) is -0.827. The van der Waals surface area contributed by atoms with Crippen molar-refractivity contribution in [1.29, 1.82) is 0 Å². The van der Waals surface area contributed by atoms with Gasteiger partial charge in [0.05, 0.1) is 10.6 Å². The number of anilines is 1. The van der Waals surface area contributed by atoms with Gasteiger partial charge in [-0.3, -0.25) is 13.9 Å². The highest BCUT2D eigenvalue weighted by atomic mass is 35.5. The number of nitrogens with one attached hydrogen (secondary N) is 1. The van der Waals surface area contributed by atoms with Crippen molar-refractivity contribution in [2.24, 2.45) is 0 Å². The van der Waals surface area contributed by atoms with Gasteiger partial charge in [0.15, 0.2) is 0 Å². The van der Waals surface area contributed by atoms with Crippen LogP contribution in [-0.2, 0) is 32.6 Å². The van der Waals surface area contributed by atoms with Crippen molar-refractivity contribution in [3.8, 4) is 0 Å². The molecule has 42 heavy (non-hydrogen) atoms. The molecule has 3 aromatic rings. The summed E-state index contributed by atoms with van der Waals surface area (Å²) >= 11 is 12.6. The van der Waals surface area contributed by atoms with E-state index in [1.807, 2.05) is 39.8 Å². The third-order valence-corrected chi connectivity index (χ3v) is 9.46. The normalized spacial score (nSPS) is 12.0. The van der Waals surface area contributed by atoms with Crippen LogP contribution in [0.4, 0.5) is 5.69 Å². The zero-order valence-electron chi connectivity index (χ0n) is 24.6. The van der Waals surface area contributed by atoms with E-state index in [1.54, 1.807) is 42.5 Å². The van der Waals surface area contributed by atoms with Crippen LogP contribution in [0.3, 0.4) is 0 Å². The molecule has 0 aliphatic heterocycles. The SMILES string of the molecule is CCCCNC(=O)[C@@H](CC)N(Cc1ccc(Cl)cc1Cl)C(=O)CN(c1ccccc1CC)S(=O)(=O)c1ccc(C)cc1. The molecule has 0 heterocycles. The van der Waals surface area contributed by atoms with E-state index < -0.39 is 28.5 Å². The third-order valence-electron chi connectivity index (χ3n) is 7.10. The molecule has 3 rings (SSSR count). The van der Waals surface area contributed by atoms with Crippen LogP contribution < -0.4 is 9.62 Å². The van der Waals surface area contributed by atoms with E-state index in [0.717, 1.165) is 28.3 Å². The van der Waals surface area contributed by atoms with Crippen molar-refractivity contribution in [2.75, 3.05) is 17.4 Å².